The first-order valence-electron chi connectivity index (χ1n) is 57.9. The average molecular weight is 2090 g/mol. The van der Waals surface area contributed by atoms with E-state index < -0.39 is 75.6 Å². The maximum atomic E-state index is 12.6. The van der Waals surface area contributed by atoms with E-state index in [0.717, 1.165) is 158 Å². The zero-order chi connectivity index (χ0) is 111. The van der Waals surface area contributed by atoms with E-state index in [2.05, 4.69) is 86.9 Å². The van der Waals surface area contributed by atoms with Crippen molar-refractivity contribution in [3.05, 3.63) is 48.6 Å². The minimum atomic E-state index is -0.843. The van der Waals surface area contributed by atoms with Gasteiger partial charge in [-0.2, -0.15) is 10.5 Å². The van der Waals surface area contributed by atoms with Gasteiger partial charge in [-0.15, -0.1) is 0 Å². The van der Waals surface area contributed by atoms with Crippen LogP contribution in [0.5, 0.6) is 0 Å². The van der Waals surface area contributed by atoms with Crippen LogP contribution in [-0.2, 0) is 105 Å². The number of ketones is 2. The van der Waals surface area contributed by atoms with Crippen LogP contribution in [0, 0.1) is 161 Å². The lowest BCUT2D eigenvalue weighted by Crippen LogP contribution is -2.61. The number of Topliss-reactive ketones (excluding diaryl/α,β-unsaturated/α-hetero) is 2. The number of aliphatic hydroxyl groups is 2. The summed E-state index contributed by atoms with van der Waals surface area (Å²) in [5.41, 5.74) is -4.09. The van der Waals surface area contributed by atoms with Gasteiger partial charge >= 0.3 is 59.7 Å². The van der Waals surface area contributed by atoms with E-state index in [1.807, 2.05) is 62.3 Å². The Morgan fingerprint density at radius 2 is 0.653 bits per heavy atom. The number of carbonyl (C=O) groups excluding carboxylic acids is 12. The highest BCUT2D eigenvalue weighted by Gasteiger charge is 2.72. The van der Waals surface area contributed by atoms with E-state index in [1.165, 1.54) is 122 Å². The molecule has 24 aliphatic carbocycles. The molecule has 14 unspecified atom stereocenters. The molecule has 20 bridgehead atoms. The number of ether oxygens (including phenoxy) is 10. The molecule has 0 aromatic heterocycles. The summed E-state index contributed by atoms with van der Waals surface area (Å²) >= 11 is 0. The van der Waals surface area contributed by atoms with E-state index in [9.17, 15) is 78.3 Å². The number of carbonyl (C=O) groups is 12. The van der Waals surface area contributed by atoms with Crippen LogP contribution in [0.1, 0.15) is 435 Å². The van der Waals surface area contributed by atoms with E-state index in [0.29, 0.717) is 85.3 Å². The molecule has 0 spiro atoms. The monoisotopic (exact) mass is 2090 g/mol. The smallest absolute Gasteiger partial charge is 0.344 e. The van der Waals surface area contributed by atoms with Crippen molar-refractivity contribution in [1.82, 2.24) is 0 Å². The summed E-state index contributed by atoms with van der Waals surface area (Å²) in [6, 6.07) is 4.43. The Morgan fingerprint density at radius 3 is 0.980 bits per heavy atom. The summed E-state index contributed by atoms with van der Waals surface area (Å²) in [5, 5.41) is 39.9. The Morgan fingerprint density at radius 1 is 0.353 bits per heavy atom. The third-order valence-electron chi connectivity index (χ3n) is 41.7. The van der Waals surface area contributed by atoms with Gasteiger partial charge in [-0.25, -0.2) is 28.8 Å². The molecule has 0 saturated heterocycles. The molecule has 836 valence electrons. The summed E-state index contributed by atoms with van der Waals surface area (Å²) < 4.78 is 55.7. The number of rotatable bonds is 28. The first-order chi connectivity index (χ1) is 69.8. The van der Waals surface area contributed by atoms with E-state index in [-0.39, 0.29) is 150 Å². The largest absolute Gasteiger partial charge is 0.459 e. The van der Waals surface area contributed by atoms with Gasteiger partial charge in [0, 0.05) is 70.6 Å². The number of fused-ring (bicyclic) bond motifs is 2. The van der Waals surface area contributed by atoms with Crippen molar-refractivity contribution in [3.8, 4) is 12.1 Å². The van der Waals surface area contributed by atoms with Gasteiger partial charge in [-0.1, -0.05) is 67.9 Å². The van der Waals surface area contributed by atoms with Crippen molar-refractivity contribution < 1.29 is 115 Å². The van der Waals surface area contributed by atoms with Crippen LogP contribution >= 0.6 is 0 Å². The second-order valence-corrected chi connectivity index (χ2v) is 55.5. The zero-order valence-electron chi connectivity index (χ0n) is 95.5. The summed E-state index contributed by atoms with van der Waals surface area (Å²) in [6.07, 6.45) is 43.7. The number of nitrogens with zero attached hydrogens (tertiary/aromatic N) is 2. The molecule has 24 rings (SSSR count). The van der Waals surface area contributed by atoms with Crippen LogP contribution < -0.4 is 0 Å². The molecule has 26 heteroatoms. The van der Waals surface area contributed by atoms with E-state index in [4.69, 9.17) is 47.4 Å². The predicted molar refractivity (Wildman–Crippen MR) is 566 cm³/mol. The third kappa shape index (κ3) is 25.1. The van der Waals surface area contributed by atoms with Gasteiger partial charge in [0.1, 0.15) is 56.6 Å². The maximum absolute atomic E-state index is 12.6. The van der Waals surface area contributed by atoms with Crippen LogP contribution in [0.4, 0.5) is 0 Å². The molecule has 0 aliphatic heterocycles. The molecular formula is C124H186N2O24. The van der Waals surface area contributed by atoms with Crippen LogP contribution in [-0.4, -0.2) is 152 Å². The minimum Gasteiger partial charge on any atom is -0.459 e. The lowest BCUT2D eigenvalue weighted by Gasteiger charge is -2.61. The Bertz CT molecular complexity index is 5080. The van der Waals surface area contributed by atoms with Gasteiger partial charge in [0.2, 0.25) is 0 Å². The fraction of sp³-hybridized carbons (Fsp3) is 0.823. The van der Waals surface area contributed by atoms with Crippen LogP contribution in [0.25, 0.3) is 0 Å². The van der Waals surface area contributed by atoms with Crippen LogP contribution in [0.2, 0.25) is 0 Å². The molecule has 24 aliphatic rings. The van der Waals surface area contributed by atoms with Gasteiger partial charge in [0.15, 0.2) is 24.8 Å². The molecule has 2 N–H and O–H groups in total. The van der Waals surface area contributed by atoms with Crippen molar-refractivity contribution in [2.75, 3.05) is 13.2 Å². The second kappa shape index (κ2) is 44.9. The molecule has 24 saturated carbocycles. The highest BCUT2D eigenvalue weighted by Crippen LogP contribution is 2.70. The van der Waals surface area contributed by atoms with E-state index in [1.54, 1.807) is 34.6 Å². The molecular weight excluding hydrogens is 1900 g/mol. The molecule has 0 aromatic rings. The normalized spacial score (nSPS) is 36.6. The molecule has 0 radical (unpaired) electrons. The highest BCUT2D eigenvalue weighted by atomic mass is 16.6. The molecule has 14 atom stereocenters. The number of esters is 10. The molecule has 26 nitrogen and oxygen atoms in total. The fourth-order valence-corrected chi connectivity index (χ4v) is 32.7. The number of nitriles is 2. The number of hydrogen-bond donors (Lipinski definition) is 2. The van der Waals surface area contributed by atoms with Gasteiger partial charge < -0.3 is 57.6 Å². The van der Waals surface area contributed by atoms with E-state index >= 15 is 0 Å². The van der Waals surface area contributed by atoms with Gasteiger partial charge in [0.05, 0.1) is 45.0 Å². The molecule has 0 heterocycles. The SMILES string of the molecule is C=C(C)C(=O)OC(C)(C)C12CC3CC(CC(C3)C1)C2.C=C(C)C(=O)OC1(CC)CCCC1.C=C(C)C(=O)OC12CC3CC(CC(O)(C3)C1)C2.C=C(C)C(=O)OCC(=O)OC1C2CC3C1CC(=O)C3(C#N)C2.CCC(C)(C)C(=O)OC(C)(C)C12CC3CC(CC(C3)C1)C2.CCC(C)(C)C(=O)OC12CC3CC(CC(O)(C3)C1)C2.CCC(C)(C)C(=O)OCC(=O)OC1C2CC3C1CC(=O)C3(C#N)C2.CCC1(OC(=O)C(C)(C)CC)CCCC1. The first kappa shape index (κ1) is 119. The van der Waals surface area contributed by atoms with Crippen LogP contribution in [0.3, 0.4) is 0 Å². The van der Waals surface area contributed by atoms with Crippen LogP contribution in [0.15, 0.2) is 48.6 Å². The molecule has 150 heavy (non-hydrogen) atoms. The summed E-state index contributed by atoms with van der Waals surface area (Å²) in [5.74, 6) is 4.44. The summed E-state index contributed by atoms with van der Waals surface area (Å²) in [7, 11) is 0. The van der Waals surface area contributed by atoms with Crippen molar-refractivity contribution >= 4 is 71.3 Å². The standard InChI is InChI=1S/C19H32O2.C18H23NO5.C17H26O2.C16H17NO5.C16H26O3.C14H20O3.C13H24O2.C11H18O2/c1-6-17(2,3)16(20)21-18(4,5)19-10-13-7-14(11-19)9-15(8-13)12-19;1-4-17(2,3)16(22)23-8-14(21)24-15-10-5-12-11(15)6-13(20)18(12,7-10)9-19;1-11(2)15(18)19-16(3,4)17-8-12-5-13(9-17)7-14(6-12)10-17;1-8(2)15(20)21-6-13(19)22-14-9-3-11-10(14)4-12(18)16(11,5-9)7-17;1-4-14(2,3)13(17)19-16-8-11-5-12(9-16)7-15(18,6-11)10-16;1-9(2)12(15)17-14-6-10-3-11(7-14)5-13(16,4-10)8-14;1-5-12(3,4)11(14)15-13(6-2)9-7-8-10-13;1-4-11(7-5-6-8-11)13-10(12)9(2)3/h13-15H,6-12H2,1-5H3;10-12,15H,4-8H2,1-3H3;12-14H,1,5-10H2,2-4H3;9-11,14H,1,3-6H2,2H3;11-12,18H,4-10H2,1-3H3;10-11,16H,1,3-8H2,2H3;5-10H2,1-4H3;2,4-8H2,1,3H3. The second-order valence-electron chi connectivity index (χ2n) is 55.5. The highest BCUT2D eigenvalue weighted by molar-refractivity contribution is 5.94. The van der Waals surface area contributed by atoms with Crippen molar-refractivity contribution in [2.24, 2.45) is 138 Å². The topological polar surface area (TPSA) is 385 Å². The lowest BCUT2D eigenvalue weighted by molar-refractivity contribution is -0.225. The molecule has 24 fully saturated rings. The van der Waals surface area contributed by atoms with Crippen molar-refractivity contribution in [1.29, 1.82) is 10.5 Å². The van der Waals surface area contributed by atoms with Gasteiger partial charge in [-0.05, 0) is 450 Å². The van der Waals surface area contributed by atoms with Crippen molar-refractivity contribution in [2.45, 2.75) is 492 Å². The zero-order valence-corrected chi connectivity index (χ0v) is 95.5. The third-order valence-corrected chi connectivity index (χ3v) is 41.7. The quantitative estimate of drug-likeness (QED) is 0.0417. The Hall–Kier alpha value is -8.10. The van der Waals surface area contributed by atoms with Crippen molar-refractivity contribution in [3.63, 3.8) is 0 Å². The summed E-state index contributed by atoms with van der Waals surface area (Å²) in [6.45, 7) is 56.3. The number of hydrogen-bond acceptors (Lipinski definition) is 26. The Kier molecular flexibility index (Phi) is 35.6. The first-order valence-corrected chi connectivity index (χ1v) is 57.9. The molecule has 0 aromatic carbocycles. The maximum Gasteiger partial charge on any atom is 0.344 e. The van der Waals surface area contributed by atoms with Gasteiger partial charge in [-0.3, -0.25) is 28.8 Å². The average Bonchev–Trinajstić information content (AvgIpc) is 1.59. The van der Waals surface area contributed by atoms with Gasteiger partial charge in [0.25, 0.3) is 0 Å². The lowest BCUT2D eigenvalue weighted by atomic mass is 9.46. The minimum absolute atomic E-state index is 0.00262. The molecule has 0 amide bonds. The fourth-order valence-electron chi connectivity index (χ4n) is 32.7. The Balaban J connectivity index is 0.000000144. The Labute approximate surface area is 895 Å². The predicted octanol–water partition coefficient (Wildman–Crippen LogP) is 24.0. The summed E-state index contributed by atoms with van der Waals surface area (Å²) in [4.78, 5) is 143.